The third-order valence-corrected chi connectivity index (χ3v) is 2.73. The maximum absolute atomic E-state index is 11.4. The molecule has 0 atom stereocenters. The molecule has 0 saturated heterocycles. The van der Waals surface area contributed by atoms with Crippen LogP contribution in [0.3, 0.4) is 0 Å². The predicted molar refractivity (Wildman–Crippen MR) is 71.4 cm³/mol. The highest BCUT2D eigenvalue weighted by Gasteiger charge is 2.21. The van der Waals surface area contributed by atoms with Gasteiger partial charge in [-0.15, -0.1) is 0 Å². The van der Waals surface area contributed by atoms with Crippen molar-refractivity contribution in [3.8, 4) is 0 Å². The number of benzene rings is 2. The second-order valence-electron chi connectivity index (χ2n) is 3.94. The SMILES string of the molecule is O=C1N=C(c2ccccc2)C(c2ccccc2)=N1. The maximum atomic E-state index is 11.4. The monoisotopic (exact) mass is 234 g/mol. The first kappa shape index (κ1) is 10.6. The van der Waals surface area contributed by atoms with Gasteiger partial charge in [0.1, 0.15) is 11.4 Å². The minimum Gasteiger partial charge on any atom is -0.244 e. The first-order chi connectivity index (χ1) is 8.84. The van der Waals surface area contributed by atoms with Crippen LogP contribution >= 0.6 is 0 Å². The predicted octanol–water partition coefficient (Wildman–Crippen LogP) is 3.10. The third kappa shape index (κ3) is 1.86. The fourth-order valence-corrected chi connectivity index (χ4v) is 1.92. The van der Waals surface area contributed by atoms with E-state index in [1.807, 2.05) is 60.7 Å². The molecule has 0 bridgehead atoms. The Kier molecular flexibility index (Phi) is 2.57. The summed E-state index contributed by atoms with van der Waals surface area (Å²) in [4.78, 5) is 19.4. The first-order valence-corrected chi connectivity index (χ1v) is 5.67. The lowest BCUT2D eigenvalue weighted by Gasteiger charge is -2.04. The van der Waals surface area contributed by atoms with E-state index in [1.54, 1.807) is 0 Å². The Labute approximate surface area is 105 Å². The molecular weight excluding hydrogens is 224 g/mol. The summed E-state index contributed by atoms with van der Waals surface area (Å²) in [6, 6.07) is 18.8. The van der Waals surface area contributed by atoms with Gasteiger partial charge in [0.25, 0.3) is 0 Å². The van der Waals surface area contributed by atoms with Gasteiger partial charge in [-0.3, -0.25) is 0 Å². The molecule has 3 rings (SSSR count). The lowest BCUT2D eigenvalue weighted by Crippen LogP contribution is -2.13. The van der Waals surface area contributed by atoms with Crippen molar-refractivity contribution in [3.63, 3.8) is 0 Å². The van der Waals surface area contributed by atoms with Gasteiger partial charge in [-0.2, -0.15) is 9.98 Å². The van der Waals surface area contributed by atoms with E-state index in [9.17, 15) is 4.79 Å². The zero-order valence-corrected chi connectivity index (χ0v) is 9.58. The lowest BCUT2D eigenvalue weighted by atomic mass is 10.0. The van der Waals surface area contributed by atoms with Gasteiger partial charge in [0.05, 0.1) is 0 Å². The number of rotatable bonds is 2. The van der Waals surface area contributed by atoms with Crippen molar-refractivity contribution in [1.82, 2.24) is 0 Å². The van der Waals surface area contributed by atoms with Gasteiger partial charge in [0.15, 0.2) is 0 Å². The summed E-state index contributed by atoms with van der Waals surface area (Å²) < 4.78 is 0. The Morgan fingerprint density at radius 1 is 0.611 bits per heavy atom. The summed E-state index contributed by atoms with van der Waals surface area (Å²) in [5, 5.41) is 0. The van der Waals surface area contributed by atoms with E-state index in [0.717, 1.165) is 11.1 Å². The zero-order chi connectivity index (χ0) is 12.4. The quantitative estimate of drug-likeness (QED) is 0.787. The smallest absolute Gasteiger partial charge is 0.244 e. The second kappa shape index (κ2) is 4.37. The number of aliphatic imine (C=N–C) groups is 2. The fourth-order valence-electron chi connectivity index (χ4n) is 1.92. The van der Waals surface area contributed by atoms with Crippen molar-refractivity contribution in [1.29, 1.82) is 0 Å². The molecule has 0 unspecified atom stereocenters. The van der Waals surface area contributed by atoms with Crippen molar-refractivity contribution in [2.75, 3.05) is 0 Å². The van der Waals surface area contributed by atoms with Gasteiger partial charge in [-0.1, -0.05) is 60.7 Å². The number of nitrogens with zero attached hydrogens (tertiary/aromatic N) is 2. The number of hydrogen-bond donors (Lipinski definition) is 0. The highest BCUT2D eigenvalue weighted by atomic mass is 16.2. The Morgan fingerprint density at radius 3 is 1.39 bits per heavy atom. The van der Waals surface area contributed by atoms with Gasteiger partial charge >= 0.3 is 6.03 Å². The normalized spacial score (nSPS) is 14.3. The first-order valence-electron chi connectivity index (χ1n) is 5.67. The van der Waals surface area contributed by atoms with E-state index in [4.69, 9.17) is 0 Å². The standard InChI is InChI=1S/C15H10N2O/c18-15-16-13(11-7-3-1-4-8-11)14(17-15)12-9-5-2-6-10-12/h1-10H. The Balaban J connectivity index is 2.09. The molecule has 0 N–H and O–H groups in total. The summed E-state index contributed by atoms with van der Waals surface area (Å²) in [7, 11) is 0. The average Bonchev–Trinajstić information content (AvgIpc) is 2.83. The van der Waals surface area contributed by atoms with Crippen LogP contribution in [-0.4, -0.2) is 17.5 Å². The largest absolute Gasteiger partial charge is 0.368 e. The van der Waals surface area contributed by atoms with E-state index < -0.39 is 6.03 Å². The molecule has 2 amide bonds. The van der Waals surface area contributed by atoms with Crippen LogP contribution in [0.5, 0.6) is 0 Å². The molecule has 0 fully saturated rings. The van der Waals surface area contributed by atoms with E-state index >= 15 is 0 Å². The fraction of sp³-hybridized carbons (Fsp3) is 0. The van der Waals surface area contributed by atoms with Crippen LogP contribution in [0.1, 0.15) is 11.1 Å². The molecule has 18 heavy (non-hydrogen) atoms. The highest BCUT2D eigenvalue weighted by Crippen LogP contribution is 2.15. The van der Waals surface area contributed by atoms with Crippen LogP contribution in [0.25, 0.3) is 0 Å². The molecule has 0 spiro atoms. The molecule has 1 aliphatic heterocycles. The van der Waals surface area contributed by atoms with E-state index in [-0.39, 0.29) is 0 Å². The summed E-state index contributed by atoms with van der Waals surface area (Å²) in [6.07, 6.45) is 0. The van der Waals surface area contributed by atoms with Gasteiger partial charge in [0, 0.05) is 11.1 Å². The number of hydrogen-bond acceptors (Lipinski definition) is 1. The van der Waals surface area contributed by atoms with Crippen LogP contribution in [0.2, 0.25) is 0 Å². The highest BCUT2D eigenvalue weighted by molar-refractivity contribution is 6.57. The Morgan fingerprint density at radius 2 is 1.00 bits per heavy atom. The molecule has 2 aromatic carbocycles. The van der Waals surface area contributed by atoms with Gasteiger partial charge in [-0.25, -0.2) is 4.79 Å². The van der Waals surface area contributed by atoms with Crippen molar-refractivity contribution in [3.05, 3.63) is 71.8 Å². The molecular formula is C15H10N2O. The Bertz CT molecular complexity index is 585. The van der Waals surface area contributed by atoms with Crippen LogP contribution in [-0.2, 0) is 0 Å². The van der Waals surface area contributed by atoms with Crippen LogP contribution < -0.4 is 0 Å². The van der Waals surface area contributed by atoms with E-state index in [2.05, 4.69) is 9.98 Å². The van der Waals surface area contributed by atoms with Crippen LogP contribution in [0, 0.1) is 0 Å². The van der Waals surface area contributed by atoms with Crippen molar-refractivity contribution in [2.24, 2.45) is 9.98 Å². The van der Waals surface area contributed by atoms with Gasteiger partial charge in [0.2, 0.25) is 0 Å². The van der Waals surface area contributed by atoms with Crippen molar-refractivity contribution < 1.29 is 4.79 Å². The molecule has 0 radical (unpaired) electrons. The minimum absolute atomic E-state index is 0.437. The lowest BCUT2D eigenvalue weighted by molar-refractivity contribution is 0.257. The molecule has 0 aliphatic carbocycles. The summed E-state index contributed by atoms with van der Waals surface area (Å²) in [5.41, 5.74) is 3.11. The number of carbonyl (C=O) groups excluding carboxylic acids is 1. The third-order valence-electron chi connectivity index (χ3n) is 2.73. The summed E-state index contributed by atoms with van der Waals surface area (Å²) >= 11 is 0. The molecule has 1 aliphatic rings. The molecule has 86 valence electrons. The van der Waals surface area contributed by atoms with Crippen LogP contribution in [0.15, 0.2) is 70.6 Å². The second-order valence-corrected chi connectivity index (χ2v) is 3.94. The van der Waals surface area contributed by atoms with Crippen LogP contribution in [0.4, 0.5) is 4.79 Å². The molecule has 3 nitrogen and oxygen atoms in total. The molecule has 0 saturated carbocycles. The van der Waals surface area contributed by atoms with E-state index in [1.165, 1.54) is 0 Å². The molecule has 3 heteroatoms. The molecule has 2 aromatic rings. The van der Waals surface area contributed by atoms with E-state index in [0.29, 0.717) is 11.4 Å². The summed E-state index contributed by atoms with van der Waals surface area (Å²) in [5.74, 6) is 0. The topological polar surface area (TPSA) is 41.8 Å². The summed E-state index contributed by atoms with van der Waals surface area (Å²) in [6.45, 7) is 0. The van der Waals surface area contributed by atoms with Gasteiger partial charge in [-0.05, 0) is 0 Å². The minimum atomic E-state index is -0.437. The van der Waals surface area contributed by atoms with Crippen molar-refractivity contribution >= 4 is 17.5 Å². The number of carbonyl (C=O) groups is 1. The molecule has 1 heterocycles. The molecule has 0 aromatic heterocycles. The number of amides is 2. The Hall–Kier alpha value is -2.55. The zero-order valence-electron chi connectivity index (χ0n) is 9.58. The van der Waals surface area contributed by atoms with Gasteiger partial charge < -0.3 is 0 Å². The average molecular weight is 234 g/mol. The number of urea groups is 1. The maximum Gasteiger partial charge on any atom is 0.368 e. The van der Waals surface area contributed by atoms with Crippen molar-refractivity contribution in [2.45, 2.75) is 0 Å².